The van der Waals surface area contributed by atoms with Crippen LogP contribution in [0.2, 0.25) is 0 Å². The topological polar surface area (TPSA) is 60.4 Å². The Bertz CT molecular complexity index is 491. The van der Waals surface area contributed by atoms with Gasteiger partial charge in [0.25, 0.3) is 0 Å². The molecule has 0 bridgehead atoms. The van der Waals surface area contributed by atoms with Crippen molar-refractivity contribution in [3.63, 3.8) is 0 Å². The fraction of sp³-hybridized carbons (Fsp3) is 0.462. The van der Waals surface area contributed by atoms with Crippen molar-refractivity contribution in [3.05, 3.63) is 30.3 Å². The average Bonchev–Trinajstić information content (AvgIpc) is 2.29. The number of rotatable bonds is 5. The van der Waals surface area contributed by atoms with Crippen LogP contribution in [0, 0.1) is 5.92 Å². The van der Waals surface area contributed by atoms with Crippen molar-refractivity contribution >= 4 is 15.8 Å². The number of benzene rings is 1. The van der Waals surface area contributed by atoms with E-state index in [4.69, 9.17) is 4.74 Å². The minimum Gasteiger partial charge on any atom is -0.461 e. The van der Waals surface area contributed by atoms with Gasteiger partial charge in [-0.05, 0) is 19.1 Å². The summed E-state index contributed by atoms with van der Waals surface area (Å²) in [6.45, 7) is 5.00. The fourth-order valence-corrected chi connectivity index (χ4v) is 2.85. The molecule has 0 aliphatic heterocycles. The van der Waals surface area contributed by atoms with Crippen molar-refractivity contribution in [1.82, 2.24) is 0 Å². The van der Waals surface area contributed by atoms with Gasteiger partial charge in [-0.15, -0.1) is 0 Å². The van der Waals surface area contributed by atoms with E-state index in [-0.39, 0.29) is 22.5 Å². The van der Waals surface area contributed by atoms with E-state index in [0.717, 1.165) is 0 Å². The molecule has 4 nitrogen and oxygen atoms in total. The van der Waals surface area contributed by atoms with Crippen LogP contribution >= 0.6 is 0 Å². The van der Waals surface area contributed by atoms with E-state index >= 15 is 0 Å². The summed E-state index contributed by atoms with van der Waals surface area (Å²) in [5.74, 6) is -0.840. The highest BCUT2D eigenvalue weighted by atomic mass is 32.2. The third kappa shape index (κ3) is 4.14. The Morgan fingerprint density at radius 3 is 2.22 bits per heavy atom. The maximum atomic E-state index is 12.0. The minimum atomic E-state index is -3.41. The highest BCUT2D eigenvalue weighted by Gasteiger charge is 2.21. The van der Waals surface area contributed by atoms with Crippen LogP contribution in [0.3, 0.4) is 0 Å². The molecule has 0 saturated heterocycles. The van der Waals surface area contributed by atoms with Crippen LogP contribution in [0.4, 0.5) is 0 Å². The van der Waals surface area contributed by atoms with E-state index in [9.17, 15) is 13.2 Å². The first kappa shape index (κ1) is 14.7. The molecule has 0 fully saturated rings. The zero-order chi connectivity index (χ0) is 13.8. The summed E-state index contributed by atoms with van der Waals surface area (Å²) in [6, 6.07) is 8.15. The molecular weight excluding hydrogens is 252 g/mol. The SMILES string of the molecule is CC(CS(=O)(=O)c1ccccc1)OC(=O)C(C)C. The molecule has 0 amide bonds. The van der Waals surface area contributed by atoms with Gasteiger partial charge in [0, 0.05) is 0 Å². The predicted octanol–water partition coefficient (Wildman–Crippen LogP) is 2.05. The van der Waals surface area contributed by atoms with Gasteiger partial charge in [-0.1, -0.05) is 32.0 Å². The van der Waals surface area contributed by atoms with Crippen LogP contribution in [0.5, 0.6) is 0 Å². The van der Waals surface area contributed by atoms with Gasteiger partial charge < -0.3 is 4.74 Å². The van der Waals surface area contributed by atoms with Crippen molar-refractivity contribution in [2.24, 2.45) is 5.92 Å². The molecule has 18 heavy (non-hydrogen) atoms. The lowest BCUT2D eigenvalue weighted by molar-refractivity contribution is -0.150. The molecule has 0 spiro atoms. The van der Waals surface area contributed by atoms with Gasteiger partial charge >= 0.3 is 5.97 Å². The Hall–Kier alpha value is -1.36. The second-order valence-corrected chi connectivity index (χ2v) is 6.53. The second-order valence-electron chi connectivity index (χ2n) is 4.50. The number of esters is 1. The summed E-state index contributed by atoms with van der Waals surface area (Å²) in [6.07, 6.45) is -0.648. The number of sulfone groups is 1. The molecule has 0 N–H and O–H groups in total. The smallest absolute Gasteiger partial charge is 0.308 e. The predicted molar refractivity (Wildman–Crippen MR) is 68.9 cm³/mol. The largest absolute Gasteiger partial charge is 0.461 e. The fourth-order valence-electron chi connectivity index (χ4n) is 1.40. The molecule has 0 aliphatic rings. The van der Waals surface area contributed by atoms with E-state index in [1.807, 2.05) is 0 Å². The summed E-state index contributed by atoms with van der Waals surface area (Å²) < 4.78 is 29.1. The van der Waals surface area contributed by atoms with Crippen LogP contribution in [0.25, 0.3) is 0 Å². The van der Waals surface area contributed by atoms with E-state index in [2.05, 4.69) is 0 Å². The molecule has 1 atom stereocenters. The van der Waals surface area contributed by atoms with Crippen LogP contribution in [-0.4, -0.2) is 26.2 Å². The van der Waals surface area contributed by atoms with Crippen molar-refractivity contribution in [2.45, 2.75) is 31.8 Å². The number of carbonyl (C=O) groups is 1. The molecule has 100 valence electrons. The Balaban J connectivity index is 2.70. The van der Waals surface area contributed by atoms with Crippen molar-refractivity contribution in [2.75, 3.05) is 5.75 Å². The Labute approximate surface area is 108 Å². The summed E-state index contributed by atoms with van der Waals surface area (Å²) in [4.78, 5) is 11.6. The van der Waals surface area contributed by atoms with Crippen LogP contribution < -0.4 is 0 Å². The molecule has 0 aliphatic carbocycles. The van der Waals surface area contributed by atoms with Gasteiger partial charge in [0.2, 0.25) is 0 Å². The first-order chi connectivity index (χ1) is 8.33. The maximum Gasteiger partial charge on any atom is 0.308 e. The summed E-state index contributed by atoms with van der Waals surface area (Å²) in [7, 11) is -3.41. The van der Waals surface area contributed by atoms with Crippen LogP contribution in [0.15, 0.2) is 35.2 Å². The number of ether oxygens (including phenoxy) is 1. The van der Waals surface area contributed by atoms with Crippen molar-refractivity contribution < 1.29 is 17.9 Å². The van der Waals surface area contributed by atoms with E-state index in [1.165, 1.54) is 12.1 Å². The van der Waals surface area contributed by atoms with E-state index in [0.29, 0.717) is 0 Å². The lowest BCUT2D eigenvalue weighted by atomic mass is 10.2. The molecule has 0 radical (unpaired) electrons. The quantitative estimate of drug-likeness (QED) is 0.768. The van der Waals surface area contributed by atoms with Gasteiger partial charge in [0.05, 0.1) is 16.6 Å². The number of hydrogen-bond donors (Lipinski definition) is 0. The Morgan fingerprint density at radius 1 is 1.17 bits per heavy atom. The molecule has 0 saturated carbocycles. The average molecular weight is 270 g/mol. The molecule has 0 heterocycles. The van der Waals surface area contributed by atoms with E-state index in [1.54, 1.807) is 39.0 Å². The monoisotopic (exact) mass is 270 g/mol. The molecule has 5 heteroatoms. The highest BCUT2D eigenvalue weighted by molar-refractivity contribution is 7.91. The van der Waals surface area contributed by atoms with Gasteiger partial charge in [0.15, 0.2) is 9.84 Å². The second kappa shape index (κ2) is 6.00. The third-order valence-electron chi connectivity index (χ3n) is 2.35. The van der Waals surface area contributed by atoms with Crippen molar-refractivity contribution in [1.29, 1.82) is 0 Å². The standard InChI is InChI=1S/C13H18O4S/c1-10(2)13(14)17-11(3)9-18(15,16)12-7-5-4-6-8-12/h4-8,10-11H,9H2,1-3H3. The normalized spacial score (nSPS) is 13.3. The van der Waals surface area contributed by atoms with Gasteiger partial charge in [0.1, 0.15) is 6.10 Å². The highest BCUT2D eigenvalue weighted by Crippen LogP contribution is 2.13. The van der Waals surface area contributed by atoms with Crippen LogP contribution in [-0.2, 0) is 19.4 Å². The molecular formula is C13H18O4S. The summed E-state index contributed by atoms with van der Waals surface area (Å²) in [5.41, 5.74) is 0. The van der Waals surface area contributed by atoms with Crippen molar-refractivity contribution in [3.8, 4) is 0 Å². The molecule has 1 unspecified atom stereocenters. The number of carbonyl (C=O) groups excluding carboxylic acids is 1. The van der Waals surface area contributed by atoms with E-state index < -0.39 is 15.9 Å². The number of hydrogen-bond acceptors (Lipinski definition) is 4. The zero-order valence-electron chi connectivity index (χ0n) is 10.8. The summed E-state index contributed by atoms with van der Waals surface area (Å²) in [5, 5.41) is 0. The van der Waals surface area contributed by atoms with Gasteiger partial charge in [-0.25, -0.2) is 8.42 Å². The van der Waals surface area contributed by atoms with Gasteiger partial charge in [-0.2, -0.15) is 0 Å². The summed E-state index contributed by atoms with van der Waals surface area (Å²) >= 11 is 0. The molecule has 1 aromatic rings. The maximum absolute atomic E-state index is 12.0. The third-order valence-corrected chi connectivity index (χ3v) is 4.24. The van der Waals surface area contributed by atoms with Gasteiger partial charge in [-0.3, -0.25) is 4.79 Å². The first-order valence-electron chi connectivity index (χ1n) is 5.81. The Morgan fingerprint density at radius 2 is 1.72 bits per heavy atom. The lowest BCUT2D eigenvalue weighted by Crippen LogP contribution is -2.26. The zero-order valence-corrected chi connectivity index (χ0v) is 11.6. The lowest BCUT2D eigenvalue weighted by Gasteiger charge is -2.15. The molecule has 0 aromatic heterocycles. The molecule has 1 aromatic carbocycles. The molecule has 1 rings (SSSR count). The Kier molecular flexibility index (Phi) is 4.90. The first-order valence-corrected chi connectivity index (χ1v) is 7.46. The van der Waals surface area contributed by atoms with Crippen LogP contribution in [0.1, 0.15) is 20.8 Å². The minimum absolute atomic E-state index is 0.199.